The molecule has 21 heavy (non-hydrogen) atoms. The Balaban J connectivity index is 2.73. The first-order chi connectivity index (χ1) is 9.72. The number of amides is 1. The second-order valence-corrected chi connectivity index (χ2v) is 5.54. The minimum absolute atomic E-state index is 0.390. The molecule has 1 rings (SSSR count). The molecule has 0 bridgehead atoms. The molecular formula is C15H19F2NO3. The highest BCUT2D eigenvalue weighted by atomic mass is 19.3. The van der Waals surface area contributed by atoms with Gasteiger partial charge in [0.05, 0.1) is 0 Å². The lowest BCUT2D eigenvalue weighted by atomic mass is 9.84. The van der Waals surface area contributed by atoms with Crippen LogP contribution in [0.1, 0.15) is 25.8 Å². The van der Waals surface area contributed by atoms with Gasteiger partial charge >= 0.3 is 5.97 Å². The number of nitrogens with one attached hydrogen (secondary N) is 1. The summed E-state index contributed by atoms with van der Waals surface area (Å²) < 4.78 is 24.6. The van der Waals surface area contributed by atoms with Crippen molar-refractivity contribution in [3.8, 4) is 0 Å². The molecule has 0 aliphatic rings. The van der Waals surface area contributed by atoms with Crippen LogP contribution in [0.2, 0.25) is 0 Å². The van der Waals surface area contributed by atoms with E-state index in [0.717, 1.165) is 5.56 Å². The van der Waals surface area contributed by atoms with Gasteiger partial charge < -0.3 is 10.4 Å². The summed E-state index contributed by atoms with van der Waals surface area (Å²) in [5, 5.41) is 11.1. The molecule has 4 nitrogen and oxygen atoms in total. The molecule has 116 valence electrons. The van der Waals surface area contributed by atoms with E-state index < -0.39 is 36.2 Å². The van der Waals surface area contributed by atoms with E-state index in [1.54, 1.807) is 13.8 Å². The first-order valence-electron chi connectivity index (χ1n) is 6.58. The zero-order valence-electron chi connectivity index (χ0n) is 12.0. The normalized spacial score (nSPS) is 13.0. The Bertz CT molecular complexity index is 489. The molecule has 0 aliphatic carbocycles. The average Bonchev–Trinajstić information content (AvgIpc) is 2.37. The topological polar surface area (TPSA) is 66.4 Å². The van der Waals surface area contributed by atoms with E-state index in [1.165, 1.54) is 0 Å². The maximum Gasteiger partial charge on any atom is 0.326 e. The van der Waals surface area contributed by atoms with Crippen molar-refractivity contribution in [3.05, 3.63) is 35.9 Å². The van der Waals surface area contributed by atoms with Crippen molar-refractivity contribution in [1.29, 1.82) is 0 Å². The molecule has 1 atom stereocenters. The molecule has 0 radical (unpaired) electrons. The quantitative estimate of drug-likeness (QED) is 0.813. The van der Waals surface area contributed by atoms with Gasteiger partial charge in [0, 0.05) is 11.8 Å². The molecule has 0 saturated carbocycles. The molecule has 6 heteroatoms. The first-order valence-corrected chi connectivity index (χ1v) is 6.58. The third kappa shape index (κ3) is 5.49. The van der Waals surface area contributed by atoms with Gasteiger partial charge in [0.25, 0.3) is 0 Å². The summed E-state index contributed by atoms with van der Waals surface area (Å²) in [4.78, 5) is 23.1. The highest BCUT2D eigenvalue weighted by Gasteiger charge is 2.32. The fourth-order valence-corrected chi connectivity index (χ4v) is 1.94. The number of halogens is 2. The molecule has 1 aromatic carbocycles. The number of carbonyl (C=O) groups is 2. The maximum absolute atomic E-state index is 12.3. The largest absolute Gasteiger partial charge is 0.480 e. The number of aliphatic carboxylic acids is 1. The lowest BCUT2D eigenvalue weighted by Gasteiger charge is -2.26. The van der Waals surface area contributed by atoms with Crippen molar-refractivity contribution in [1.82, 2.24) is 5.32 Å². The van der Waals surface area contributed by atoms with Gasteiger partial charge in [-0.25, -0.2) is 13.6 Å². The number of carbonyl (C=O) groups excluding carboxylic acids is 1. The standard InChI is InChI=1S/C15H19F2NO3/c1-15(2,9-10-6-4-3-5-7-10)14(21)18-11(13(19)20)8-12(16)17/h3-7,11-12H,8-9H2,1-2H3,(H,18,21)(H,19,20). The number of benzene rings is 1. The van der Waals surface area contributed by atoms with E-state index in [0.29, 0.717) is 6.42 Å². The van der Waals surface area contributed by atoms with Gasteiger partial charge in [0.15, 0.2) is 0 Å². The fourth-order valence-electron chi connectivity index (χ4n) is 1.94. The van der Waals surface area contributed by atoms with Crippen molar-refractivity contribution >= 4 is 11.9 Å². The van der Waals surface area contributed by atoms with Crippen LogP contribution in [0.3, 0.4) is 0 Å². The molecule has 0 aromatic heterocycles. The van der Waals surface area contributed by atoms with Crippen LogP contribution in [0.15, 0.2) is 30.3 Å². The number of carboxylic acids is 1. The Morgan fingerprint density at radius 3 is 2.29 bits per heavy atom. The van der Waals surface area contributed by atoms with Gasteiger partial charge in [-0.2, -0.15) is 0 Å². The summed E-state index contributed by atoms with van der Waals surface area (Å²) in [6.07, 6.45) is -3.30. The molecular weight excluding hydrogens is 280 g/mol. The lowest BCUT2D eigenvalue weighted by Crippen LogP contribution is -2.48. The second kappa shape index (κ2) is 7.15. The molecule has 2 N–H and O–H groups in total. The summed E-state index contributed by atoms with van der Waals surface area (Å²) >= 11 is 0. The van der Waals surface area contributed by atoms with Crippen LogP contribution in [-0.4, -0.2) is 29.5 Å². The Labute approximate surface area is 122 Å². The monoisotopic (exact) mass is 299 g/mol. The zero-order chi connectivity index (χ0) is 16.0. The molecule has 0 fully saturated rings. The summed E-state index contributed by atoms with van der Waals surface area (Å²) in [5.74, 6) is -2.02. The first kappa shape index (κ1) is 17.1. The van der Waals surface area contributed by atoms with Gasteiger partial charge in [-0.15, -0.1) is 0 Å². The number of hydrogen-bond acceptors (Lipinski definition) is 2. The smallest absolute Gasteiger partial charge is 0.326 e. The molecule has 1 aromatic rings. The summed E-state index contributed by atoms with van der Waals surface area (Å²) in [6, 6.07) is 7.64. The van der Waals surface area contributed by atoms with Crippen molar-refractivity contribution in [2.75, 3.05) is 0 Å². The predicted octanol–water partition coefficient (Wildman–Crippen LogP) is 2.48. The Morgan fingerprint density at radius 1 is 1.24 bits per heavy atom. The third-order valence-corrected chi connectivity index (χ3v) is 3.12. The SMILES string of the molecule is CC(C)(Cc1ccccc1)C(=O)NC(CC(F)F)C(=O)O. The number of alkyl halides is 2. The van der Waals surface area contributed by atoms with Gasteiger partial charge in [0.2, 0.25) is 12.3 Å². The fraction of sp³-hybridized carbons (Fsp3) is 0.467. The van der Waals surface area contributed by atoms with Crippen LogP contribution in [0, 0.1) is 5.41 Å². The van der Waals surface area contributed by atoms with E-state index in [1.807, 2.05) is 30.3 Å². The van der Waals surface area contributed by atoms with Gasteiger partial charge in [-0.3, -0.25) is 4.79 Å². The van der Waals surface area contributed by atoms with Crippen molar-refractivity contribution < 1.29 is 23.5 Å². The third-order valence-electron chi connectivity index (χ3n) is 3.12. The summed E-state index contributed by atoms with van der Waals surface area (Å²) in [6.45, 7) is 3.30. The number of carboxylic acid groups (broad SMARTS) is 1. The van der Waals surface area contributed by atoms with Crippen LogP contribution < -0.4 is 5.32 Å². The zero-order valence-corrected chi connectivity index (χ0v) is 12.0. The summed E-state index contributed by atoms with van der Waals surface area (Å²) in [5.41, 5.74) is 0.0235. The predicted molar refractivity (Wildman–Crippen MR) is 74.1 cm³/mol. The van der Waals surface area contributed by atoms with Gasteiger partial charge in [0.1, 0.15) is 6.04 Å². The molecule has 0 spiro atoms. The number of hydrogen-bond donors (Lipinski definition) is 2. The van der Waals surface area contributed by atoms with E-state index >= 15 is 0 Å². The van der Waals surface area contributed by atoms with Crippen LogP contribution in [0.25, 0.3) is 0 Å². The van der Waals surface area contributed by atoms with Crippen LogP contribution in [0.5, 0.6) is 0 Å². The highest BCUT2D eigenvalue weighted by Crippen LogP contribution is 2.22. The van der Waals surface area contributed by atoms with Crippen molar-refractivity contribution in [3.63, 3.8) is 0 Å². The van der Waals surface area contributed by atoms with Crippen LogP contribution >= 0.6 is 0 Å². The van der Waals surface area contributed by atoms with E-state index in [2.05, 4.69) is 5.32 Å². The molecule has 1 amide bonds. The van der Waals surface area contributed by atoms with E-state index in [-0.39, 0.29) is 0 Å². The van der Waals surface area contributed by atoms with Gasteiger partial charge in [-0.05, 0) is 12.0 Å². The average molecular weight is 299 g/mol. The van der Waals surface area contributed by atoms with Crippen LogP contribution in [0.4, 0.5) is 8.78 Å². The minimum atomic E-state index is -2.79. The molecule has 1 unspecified atom stereocenters. The van der Waals surface area contributed by atoms with Crippen molar-refractivity contribution in [2.24, 2.45) is 5.41 Å². The number of rotatable bonds is 7. The minimum Gasteiger partial charge on any atom is -0.480 e. The van der Waals surface area contributed by atoms with Crippen LogP contribution in [-0.2, 0) is 16.0 Å². The molecule has 0 aliphatic heterocycles. The Hall–Kier alpha value is -1.98. The van der Waals surface area contributed by atoms with E-state index in [4.69, 9.17) is 5.11 Å². The highest BCUT2D eigenvalue weighted by molar-refractivity contribution is 5.87. The second-order valence-electron chi connectivity index (χ2n) is 5.54. The lowest BCUT2D eigenvalue weighted by molar-refractivity contribution is -0.144. The Kier molecular flexibility index (Phi) is 5.81. The van der Waals surface area contributed by atoms with Crippen molar-refractivity contribution in [2.45, 2.75) is 39.2 Å². The molecule has 0 saturated heterocycles. The van der Waals surface area contributed by atoms with Gasteiger partial charge in [-0.1, -0.05) is 44.2 Å². The summed E-state index contributed by atoms with van der Waals surface area (Å²) in [7, 11) is 0. The molecule has 0 heterocycles. The maximum atomic E-state index is 12.3. The Morgan fingerprint density at radius 2 is 1.81 bits per heavy atom. The van der Waals surface area contributed by atoms with E-state index in [9.17, 15) is 18.4 Å².